The van der Waals surface area contributed by atoms with Gasteiger partial charge in [0.1, 0.15) is 11.8 Å². The predicted molar refractivity (Wildman–Crippen MR) is 139 cm³/mol. The Labute approximate surface area is 214 Å². The zero-order valence-corrected chi connectivity index (χ0v) is 21.4. The summed E-state index contributed by atoms with van der Waals surface area (Å²) in [7, 11) is 0. The van der Waals surface area contributed by atoms with Gasteiger partial charge in [0.25, 0.3) is 5.91 Å². The predicted octanol–water partition coefficient (Wildman–Crippen LogP) is 5.65. The Balaban J connectivity index is 1.88. The van der Waals surface area contributed by atoms with E-state index in [4.69, 9.17) is 16.3 Å². The minimum absolute atomic E-state index is 0.180. The molecule has 0 unspecified atom stereocenters. The van der Waals surface area contributed by atoms with Gasteiger partial charge in [0.15, 0.2) is 6.61 Å². The van der Waals surface area contributed by atoms with Crippen molar-refractivity contribution in [3.8, 4) is 5.75 Å². The molecule has 0 aromatic heterocycles. The van der Waals surface area contributed by atoms with E-state index in [-0.39, 0.29) is 25.0 Å². The first-order valence-electron chi connectivity index (χ1n) is 11.2. The maximum absolute atomic E-state index is 13.5. The van der Waals surface area contributed by atoms with Crippen LogP contribution in [0.5, 0.6) is 5.75 Å². The van der Waals surface area contributed by atoms with Crippen molar-refractivity contribution in [2.45, 2.75) is 32.4 Å². The summed E-state index contributed by atoms with van der Waals surface area (Å²) in [4.78, 5) is 28.3. The third kappa shape index (κ3) is 7.89. The smallest absolute Gasteiger partial charge is 0.261 e. The Bertz CT molecular complexity index is 1080. The Kier molecular flexibility index (Phi) is 9.98. The lowest BCUT2D eigenvalue weighted by Gasteiger charge is -2.31. The lowest BCUT2D eigenvalue weighted by molar-refractivity contribution is -0.142. The number of benzene rings is 3. The third-order valence-electron chi connectivity index (χ3n) is 5.24. The molecule has 3 aromatic rings. The van der Waals surface area contributed by atoms with Gasteiger partial charge in [0, 0.05) is 29.0 Å². The van der Waals surface area contributed by atoms with Gasteiger partial charge in [-0.05, 0) is 53.9 Å². The first-order chi connectivity index (χ1) is 16.5. The molecule has 1 N–H and O–H groups in total. The quantitative estimate of drug-likeness (QED) is 0.340. The second-order valence-electron chi connectivity index (χ2n) is 7.89. The number of hydrogen-bond acceptors (Lipinski definition) is 3. The SMILES string of the molecule is CCCNC(=O)[C@@H](Cc1ccccc1)N(Cc1cccc(Br)c1)C(=O)COc1ccc(Cl)cc1. The number of ether oxygens (including phenoxy) is 1. The molecule has 7 heteroatoms. The molecule has 0 saturated carbocycles. The molecule has 0 radical (unpaired) electrons. The van der Waals surface area contributed by atoms with Crippen LogP contribution in [0.1, 0.15) is 24.5 Å². The Hall–Kier alpha value is -2.83. The minimum Gasteiger partial charge on any atom is -0.484 e. The zero-order valence-electron chi connectivity index (χ0n) is 19.0. The van der Waals surface area contributed by atoms with Crippen LogP contribution in [0.15, 0.2) is 83.3 Å². The highest BCUT2D eigenvalue weighted by Crippen LogP contribution is 2.19. The van der Waals surface area contributed by atoms with Crippen LogP contribution in [0.4, 0.5) is 0 Å². The number of halogens is 2. The van der Waals surface area contributed by atoms with E-state index < -0.39 is 6.04 Å². The summed E-state index contributed by atoms with van der Waals surface area (Å²) in [5.74, 6) is 0.0817. The van der Waals surface area contributed by atoms with E-state index in [0.29, 0.717) is 23.7 Å². The highest BCUT2D eigenvalue weighted by molar-refractivity contribution is 9.10. The molecule has 2 amide bonds. The van der Waals surface area contributed by atoms with Crippen LogP contribution < -0.4 is 10.1 Å². The number of amides is 2. The Morgan fingerprint density at radius 1 is 1.00 bits per heavy atom. The van der Waals surface area contributed by atoms with Gasteiger partial charge in [0.2, 0.25) is 5.91 Å². The van der Waals surface area contributed by atoms with Crippen LogP contribution in [0.25, 0.3) is 0 Å². The molecule has 0 spiro atoms. The van der Waals surface area contributed by atoms with Crippen molar-refractivity contribution in [2.75, 3.05) is 13.2 Å². The summed E-state index contributed by atoms with van der Waals surface area (Å²) < 4.78 is 6.64. The van der Waals surface area contributed by atoms with Crippen molar-refractivity contribution < 1.29 is 14.3 Å². The van der Waals surface area contributed by atoms with Gasteiger partial charge in [-0.3, -0.25) is 9.59 Å². The number of hydrogen-bond donors (Lipinski definition) is 1. The molecule has 0 fully saturated rings. The molecule has 0 aliphatic carbocycles. The summed E-state index contributed by atoms with van der Waals surface area (Å²) in [5, 5.41) is 3.56. The number of carbonyl (C=O) groups excluding carboxylic acids is 2. The monoisotopic (exact) mass is 542 g/mol. The van der Waals surface area contributed by atoms with E-state index in [1.165, 1.54) is 0 Å². The van der Waals surface area contributed by atoms with Gasteiger partial charge < -0.3 is 15.0 Å². The van der Waals surface area contributed by atoms with E-state index in [1.807, 2.05) is 61.5 Å². The molecule has 3 rings (SSSR count). The van der Waals surface area contributed by atoms with Gasteiger partial charge in [-0.25, -0.2) is 0 Å². The van der Waals surface area contributed by atoms with E-state index >= 15 is 0 Å². The molecule has 0 heterocycles. The van der Waals surface area contributed by atoms with Crippen LogP contribution in [0, 0.1) is 0 Å². The molecule has 0 aliphatic heterocycles. The fourth-order valence-corrected chi connectivity index (χ4v) is 4.08. The van der Waals surface area contributed by atoms with Gasteiger partial charge in [0.05, 0.1) is 0 Å². The van der Waals surface area contributed by atoms with Gasteiger partial charge in [-0.15, -0.1) is 0 Å². The topological polar surface area (TPSA) is 58.6 Å². The van der Waals surface area contributed by atoms with Crippen LogP contribution in [-0.4, -0.2) is 35.9 Å². The number of carbonyl (C=O) groups is 2. The van der Waals surface area contributed by atoms with Crippen molar-refractivity contribution in [2.24, 2.45) is 0 Å². The van der Waals surface area contributed by atoms with Crippen LogP contribution in [0.2, 0.25) is 5.02 Å². The van der Waals surface area contributed by atoms with Crippen molar-refractivity contribution in [3.63, 3.8) is 0 Å². The third-order valence-corrected chi connectivity index (χ3v) is 5.98. The van der Waals surface area contributed by atoms with Gasteiger partial charge >= 0.3 is 0 Å². The molecule has 178 valence electrons. The average Bonchev–Trinajstić information content (AvgIpc) is 2.85. The maximum Gasteiger partial charge on any atom is 0.261 e. The lowest BCUT2D eigenvalue weighted by Crippen LogP contribution is -2.51. The number of nitrogens with one attached hydrogen (secondary N) is 1. The van der Waals surface area contributed by atoms with Crippen LogP contribution >= 0.6 is 27.5 Å². The van der Waals surface area contributed by atoms with Gasteiger partial charge in [-0.1, -0.05) is 76.9 Å². The fraction of sp³-hybridized carbons (Fsp3) is 0.259. The highest BCUT2D eigenvalue weighted by atomic mass is 79.9. The lowest BCUT2D eigenvalue weighted by atomic mass is 10.0. The van der Waals surface area contributed by atoms with E-state index in [1.54, 1.807) is 29.2 Å². The molecule has 34 heavy (non-hydrogen) atoms. The first-order valence-corrected chi connectivity index (χ1v) is 12.4. The highest BCUT2D eigenvalue weighted by Gasteiger charge is 2.30. The van der Waals surface area contributed by atoms with Gasteiger partial charge in [-0.2, -0.15) is 0 Å². The molecular formula is C27H28BrClN2O3. The van der Waals surface area contributed by atoms with E-state index in [2.05, 4.69) is 21.2 Å². The van der Waals surface area contributed by atoms with E-state index in [0.717, 1.165) is 22.0 Å². The van der Waals surface area contributed by atoms with Crippen molar-refractivity contribution >= 4 is 39.3 Å². The maximum atomic E-state index is 13.5. The average molecular weight is 544 g/mol. The molecule has 0 saturated heterocycles. The van der Waals surface area contributed by atoms with Crippen LogP contribution in [0.3, 0.4) is 0 Å². The summed E-state index contributed by atoms with van der Waals surface area (Å²) in [5.41, 5.74) is 1.89. The first kappa shape index (κ1) is 25.8. The molecule has 0 aliphatic rings. The molecule has 3 aromatic carbocycles. The van der Waals surface area contributed by atoms with Crippen LogP contribution in [-0.2, 0) is 22.6 Å². The normalized spacial score (nSPS) is 11.5. The Morgan fingerprint density at radius 3 is 2.38 bits per heavy atom. The summed E-state index contributed by atoms with van der Waals surface area (Å²) in [6.07, 6.45) is 1.21. The minimum atomic E-state index is -0.686. The molecule has 0 bridgehead atoms. The molecular weight excluding hydrogens is 516 g/mol. The molecule has 5 nitrogen and oxygen atoms in total. The summed E-state index contributed by atoms with van der Waals surface area (Å²) >= 11 is 9.44. The van der Waals surface area contributed by atoms with E-state index in [9.17, 15) is 9.59 Å². The fourth-order valence-electron chi connectivity index (χ4n) is 3.51. The number of rotatable bonds is 11. The summed E-state index contributed by atoms with van der Waals surface area (Å²) in [6, 6.07) is 23.6. The second-order valence-corrected chi connectivity index (χ2v) is 9.24. The summed E-state index contributed by atoms with van der Waals surface area (Å²) in [6.45, 7) is 2.63. The Morgan fingerprint density at radius 2 is 1.71 bits per heavy atom. The molecule has 1 atom stereocenters. The second kappa shape index (κ2) is 13.2. The standard InChI is InChI=1S/C27H28BrClN2O3/c1-2-15-30-27(33)25(17-20-7-4-3-5-8-20)31(18-21-9-6-10-22(28)16-21)26(32)19-34-24-13-11-23(29)12-14-24/h3-14,16,25H,2,15,17-19H2,1H3,(H,30,33)/t25-/m1/s1. The van der Waals surface area contributed by atoms with Crippen molar-refractivity contribution in [1.82, 2.24) is 10.2 Å². The van der Waals surface area contributed by atoms with Crippen molar-refractivity contribution in [1.29, 1.82) is 0 Å². The largest absolute Gasteiger partial charge is 0.484 e. The number of nitrogens with zero attached hydrogens (tertiary/aromatic N) is 1. The van der Waals surface area contributed by atoms with Crippen molar-refractivity contribution in [3.05, 3.63) is 99.5 Å². The zero-order chi connectivity index (χ0) is 24.3.